The van der Waals surface area contributed by atoms with Crippen LogP contribution >= 0.6 is 0 Å². The van der Waals surface area contributed by atoms with E-state index in [1.807, 2.05) is 12.1 Å². The van der Waals surface area contributed by atoms with Crippen molar-refractivity contribution in [2.75, 3.05) is 17.6 Å². The van der Waals surface area contributed by atoms with Gasteiger partial charge in [-0.3, -0.25) is 4.79 Å². The monoisotopic (exact) mass is 316 g/mol. The molecule has 0 radical (unpaired) electrons. The summed E-state index contributed by atoms with van der Waals surface area (Å²) in [5, 5.41) is 7.14. The van der Waals surface area contributed by atoms with Crippen LogP contribution in [0.4, 0.5) is 11.8 Å². The van der Waals surface area contributed by atoms with Gasteiger partial charge in [-0.2, -0.15) is 9.97 Å². The molecule has 2 aromatic rings. The van der Waals surface area contributed by atoms with Crippen molar-refractivity contribution in [2.45, 2.75) is 45.6 Å². The summed E-state index contributed by atoms with van der Waals surface area (Å²) in [6.07, 6.45) is 4.69. The summed E-state index contributed by atoms with van der Waals surface area (Å²) >= 11 is 0. The molecule has 1 atom stereocenters. The van der Waals surface area contributed by atoms with Gasteiger partial charge in [0.1, 0.15) is 5.82 Å². The first-order valence-corrected chi connectivity index (χ1v) is 7.84. The lowest BCUT2D eigenvalue weighted by atomic mass is 9.94. The molecule has 0 aliphatic heterocycles. The Hall–Kier alpha value is -2.44. The Labute approximate surface area is 136 Å². The molecule has 0 saturated heterocycles. The number of aromatic nitrogens is 3. The maximum atomic E-state index is 11.3. The number of nitrogens with zero attached hydrogens (tertiary/aromatic N) is 3. The number of amides is 1. The van der Waals surface area contributed by atoms with E-state index in [2.05, 4.69) is 39.4 Å². The van der Waals surface area contributed by atoms with Crippen LogP contribution in [0.5, 0.6) is 0 Å². The van der Waals surface area contributed by atoms with Gasteiger partial charge < -0.3 is 16.4 Å². The third-order valence-electron chi connectivity index (χ3n) is 3.72. The van der Waals surface area contributed by atoms with E-state index in [-0.39, 0.29) is 17.4 Å². The summed E-state index contributed by atoms with van der Waals surface area (Å²) in [5.74, 6) is 0.767. The van der Waals surface area contributed by atoms with Gasteiger partial charge in [-0.25, -0.2) is 4.98 Å². The second kappa shape index (κ2) is 7.21. The fraction of sp³-hybridized carbons (Fsp3) is 0.500. The van der Waals surface area contributed by atoms with Crippen LogP contribution in [-0.4, -0.2) is 32.9 Å². The van der Waals surface area contributed by atoms with Crippen molar-refractivity contribution in [1.29, 1.82) is 0 Å². The second-order valence-corrected chi connectivity index (χ2v) is 6.00. The molecule has 0 bridgehead atoms. The number of hydrogen-bond acceptors (Lipinski definition) is 6. The van der Waals surface area contributed by atoms with E-state index in [1.165, 1.54) is 6.92 Å². The van der Waals surface area contributed by atoms with Crippen LogP contribution in [0.3, 0.4) is 0 Å². The first-order valence-electron chi connectivity index (χ1n) is 7.84. The fourth-order valence-electron chi connectivity index (χ4n) is 2.44. The predicted molar refractivity (Wildman–Crippen MR) is 92.0 cm³/mol. The molecule has 7 nitrogen and oxygen atoms in total. The Kier molecular flexibility index (Phi) is 5.31. The predicted octanol–water partition coefficient (Wildman–Crippen LogP) is 2.10. The molecule has 0 fully saturated rings. The number of hydrogen-bond donors (Lipinski definition) is 3. The van der Waals surface area contributed by atoms with Crippen molar-refractivity contribution in [3.63, 3.8) is 0 Å². The number of nitrogens with two attached hydrogens (primary N) is 1. The molecule has 0 spiro atoms. The van der Waals surface area contributed by atoms with E-state index in [1.54, 1.807) is 6.20 Å². The number of rotatable bonds is 7. The normalized spacial score (nSPS) is 13.5. The Morgan fingerprint density at radius 1 is 1.39 bits per heavy atom. The maximum Gasteiger partial charge on any atom is 0.224 e. The van der Waals surface area contributed by atoms with Crippen LogP contribution in [-0.2, 0) is 4.79 Å². The zero-order valence-corrected chi connectivity index (χ0v) is 13.9. The van der Waals surface area contributed by atoms with Gasteiger partial charge in [-0.1, -0.05) is 19.8 Å². The van der Waals surface area contributed by atoms with Crippen molar-refractivity contribution in [2.24, 2.45) is 0 Å². The number of nitrogen functional groups attached to an aromatic ring is 1. The van der Waals surface area contributed by atoms with E-state index in [0.717, 1.165) is 24.6 Å². The minimum Gasteiger partial charge on any atom is -0.368 e. The molecule has 0 aliphatic rings. The molecule has 1 amide bonds. The van der Waals surface area contributed by atoms with Crippen molar-refractivity contribution in [1.82, 2.24) is 20.3 Å². The molecule has 2 rings (SSSR count). The molecule has 0 aromatic carbocycles. The summed E-state index contributed by atoms with van der Waals surface area (Å²) < 4.78 is 0. The lowest BCUT2D eigenvalue weighted by Gasteiger charge is -2.32. The maximum absolute atomic E-state index is 11.3. The zero-order valence-electron chi connectivity index (χ0n) is 13.9. The standard InChI is InChI=1S/C16H24N6O/c1-4-5-8-16(3,10-19-11(2)23)22-14-12-7-6-9-18-13(12)20-15(17)21-14/h6-7,9H,4-5,8,10H2,1-3H3,(H,19,23)(H3,17,18,20,21,22). The lowest BCUT2D eigenvalue weighted by Crippen LogP contribution is -2.46. The Bertz CT molecular complexity index is 689. The lowest BCUT2D eigenvalue weighted by molar-refractivity contribution is -0.119. The van der Waals surface area contributed by atoms with E-state index >= 15 is 0 Å². The van der Waals surface area contributed by atoms with Crippen molar-refractivity contribution in [3.05, 3.63) is 18.3 Å². The molecule has 2 aromatic heterocycles. The highest BCUT2D eigenvalue weighted by Gasteiger charge is 2.25. The number of nitrogens with one attached hydrogen (secondary N) is 2. The highest BCUT2D eigenvalue weighted by Crippen LogP contribution is 2.25. The highest BCUT2D eigenvalue weighted by atomic mass is 16.1. The van der Waals surface area contributed by atoms with E-state index in [9.17, 15) is 4.79 Å². The average Bonchev–Trinajstić information content (AvgIpc) is 2.51. The number of fused-ring (bicyclic) bond motifs is 1. The molecule has 23 heavy (non-hydrogen) atoms. The van der Waals surface area contributed by atoms with Crippen molar-refractivity contribution >= 4 is 28.7 Å². The topological polar surface area (TPSA) is 106 Å². The van der Waals surface area contributed by atoms with Crippen LogP contribution in [0, 0.1) is 0 Å². The molecule has 124 valence electrons. The summed E-state index contributed by atoms with van der Waals surface area (Å²) in [7, 11) is 0. The first-order chi connectivity index (χ1) is 10.9. The van der Waals surface area contributed by atoms with Gasteiger partial charge in [0, 0.05) is 19.7 Å². The average molecular weight is 316 g/mol. The van der Waals surface area contributed by atoms with E-state index in [0.29, 0.717) is 18.0 Å². The van der Waals surface area contributed by atoms with Gasteiger partial charge in [-0.05, 0) is 25.5 Å². The Morgan fingerprint density at radius 3 is 2.87 bits per heavy atom. The Balaban J connectivity index is 2.33. The van der Waals surface area contributed by atoms with Crippen LogP contribution in [0.2, 0.25) is 0 Å². The minimum atomic E-state index is -0.328. The molecule has 4 N–H and O–H groups in total. The van der Waals surface area contributed by atoms with Gasteiger partial charge in [0.2, 0.25) is 11.9 Å². The van der Waals surface area contributed by atoms with Crippen molar-refractivity contribution in [3.8, 4) is 0 Å². The van der Waals surface area contributed by atoms with Crippen LogP contribution in [0.15, 0.2) is 18.3 Å². The molecular formula is C16H24N6O. The molecule has 1 unspecified atom stereocenters. The summed E-state index contributed by atoms with van der Waals surface area (Å²) in [4.78, 5) is 24.0. The zero-order chi connectivity index (χ0) is 16.9. The number of unbranched alkanes of at least 4 members (excludes halogenated alkanes) is 1. The SMILES string of the molecule is CCCCC(C)(CNC(C)=O)Nc1nc(N)nc2ncccc12. The third-order valence-corrected chi connectivity index (χ3v) is 3.72. The number of anilines is 2. The summed E-state index contributed by atoms with van der Waals surface area (Å²) in [5.41, 5.74) is 6.02. The van der Waals surface area contributed by atoms with Gasteiger partial charge in [0.25, 0.3) is 0 Å². The minimum absolute atomic E-state index is 0.0525. The summed E-state index contributed by atoms with van der Waals surface area (Å²) in [6, 6.07) is 3.74. The molecule has 0 aliphatic carbocycles. The van der Waals surface area contributed by atoms with Crippen molar-refractivity contribution < 1.29 is 4.79 Å². The van der Waals surface area contributed by atoms with Gasteiger partial charge in [0.15, 0.2) is 5.65 Å². The van der Waals surface area contributed by atoms with E-state index in [4.69, 9.17) is 5.73 Å². The van der Waals surface area contributed by atoms with E-state index < -0.39 is 0 Å². The Morgan fingerprint density at radius 2 is 2.17 bits per heavy atom. The number of pyridine rings is 1. The van der Waals surface area contributed by atoms with Gasteiger partial charge in [-0.15, -0.1) is 0 Å². The van der Waals surface area contributed by atoms with Crippen LogP contribution in [0.25, 0.3) is 11.0 Å². The molecule has 0 saturated carbocycles. The molecular weight excluding hydrogens is 292 g/mol. The third kappa shape index (κ3) is 4.51. The fourth-order valence-corrected chi connectivity index (χ4v) is 2.44. The first kappa shape index (κ1) is 16.9. The summed E-state index contributed by atoms with van der Waals surface area (Å²) in [6.45, 7) is 6.23. The number of carbonyl (C=O) groups is 1. The van der Waals surface area contributed by atoms with Crippen LogP contribution in [0.1, 0.15) is 40.0 Å². The molecule has 7 heteroatoms. The second-order valence-electron chi connectivity index (χ2n) is 6.00. The molecule has 2 heterocycles. The van der Waals surface area contributed by atoms with Gasteiger partial charge >= 0.3 is 0 Å². The number of carbonyl (C=O) groups excluding carboxylic acids is 1. The van der Waals surface area contributed by atoms with Crippen LogP contribution < -0.4 is 16.4 Å². The van der Waals surface area contributed by atoms with Gasteiger partial charge in [0.05, 0.1) is 10.9 Å². The highest BCUT2D eigenvalue weighted by molar-refractivity contribution is 5.87. The smallest absolute Gasteiger partial charge is 0.224 e. The largest absolute Gasteiger partial charge is 0.368 e. The quantitative estimate of drug-likeness (QED) is 0.722.